The smallest absolute Gasteiger partial charge is 0.0666 e. The molecule has 1 N–H and O–H groups in total. The van der Waals surface area contributed by atoms with Crippen LogP contribution < -0.4 is 5.32 Å². The van der Waals surface area contributed by atoms with Crippen molar-refractivity contribution in [3.8, 4) is 6.07 Å². The molecule has 4 heteroatoms. The number of aromatic nitrogens is 2. The third kappa shape index (κ3) is 3.35. The molecule has 0 aliphatic rings. The molecule has 0 aliphatic carbocycles. The Hall–Kier alpha value is -1.34. The van der Waals surface area contributed by atoms with Crippen LogP contribution in [0.15, 0.2) is 6.20 Å². The molecule has 1 aromatic heterocycles. The van der Waals surface area contributed by atoms with Crippen LogP contribution in [0.2, 0.25) is 0 Å². The van der Waals surface area contributed by atoms with Gasteiger partial charge in [-0.3, -0.25) is 4.68 Å². The first kappa shape index (κ1) is 12.7. The largest absolute Gasteiger partial charge is 0.309 e. The molecule has 0 radical (unpaired) electrons. The molecule has 0 aromatic carbocycles. The van der Waals surface area contributed by atoms with Crippen LogP contribution in [0.5, 0.6) is 0 Å². The second-order valence-electron chi connectivity index (χ2n) is 3.98. The average Bonchev–Trinajstić information content (AvgIpc) is 2.65. The Bertz CT molecular complexity index is 362. The SMILES string of the molecule is CCc1nn(C)cc1CNC(CC)CC#N. The topological polar surface area (TPSA) is 53.6 Å². The molecule has 0 amide bonds. The first-order valence-electron chi connectivity index (χ1n) is 5.82. The fourth-order valence-corrected chi connectivity index (χ4v) is 1.75. The maximum Gasteiger partial charge on any atom is 0.0666 e. The molecule has 4 nitrogen and oxygen atoms in total. The summed E-state index contributed by atoms with van der Waals surface area (Å²) < 4.78 is 1.85. The van der Waals surface area contributed by atoms with E-state index in [9.17, 15) is 0 Å². The molecule has 1 heterocycles. The van der Waals surface area contributed by atoms with Crippen LogP contribution >= 0.6 is 0 Å². The third-order valence-electron chi connectivity index (χ3n) is 2.74. The summed E-state index contributed by atoms with van der Waals surface area (Å²) in [6.45, 7) is 5.01. The van der Waals surface area contributed by atoms with Crippen LogP contribution in [-0.2, 0) is 20.0 Å². The summed E-state index contributed by atoms with van der Waals surface area (Å²) >= 11 is 0. The lowest BCUT2D eigenvalue weighted by atomic mass is 10.1. The number of nitrogens with one attached hydrogen (secondary N) is 1. The fraction of sp³-hybridized carbons (Fsp3) is 0.667. The molecule has 1 atom stereocenters. The fourth-order valence-electron chi connectivity index (χ4n) is 1.75. The lowest BCUT2D eigenvalue weighted by molar-refractivity contribution is 0.504. The molecule has 0 fully saturated rings. The van der Waals surface area contributed by atoms with E-state index in [0.29, 0.717) is 6.42 Å². The highest BCUT2D eigenvalue weighted by Crippen LogP contribution is 2.08. The molecule has 0 bridgehead atoms. The number of hydrogen-bond acceptors (Lipinski definition) is 3. The van der Waals surface area contributed by atoms with Gasteiger partial charge in [0.2, 0.25) is 0 Å². The van der Waals surface area contributed by atoms with Gasteiger partial charge in [0.05, 0.1) is 18.2 Å². The second kappa shape index (κ2) is 6.29. The molecule has 1 rings (SSSR count). The predicted molar refractivity (Wildman–Crippen MR) is 63.7 cm³/mol. The van der Waals surface area contributed by atoms with Gasteiger partial charge in [0.15, 0.2) is 0 Å². The van der Waals surface area contributed by atoms with Gasteiger partial charge in [0, 0.05) is 31.4 Å². The lowest BCUT2D eigenvalue weighted by Crippen LogP contribution is -2.27. The second-order valence-corrected chi connectivity index (χ2v) is 3.98. The Morgan fingerprint density at radius 3 is 2.88 bits per heavy atom. The standard InChI is InChI=1S/C12H20N4/c1-4-11(6-7-13)14-8-10-9-16(3)15-12(10)5-2/h9,11,14H,4-6,8H2,1-3H3. The summed E-state index contributed by atoms with van der Waals surface area (Å²) in [5, 5.41) is 16.5. The monoisotopic (exact) mass is 220 g/mol. The summed E-state index contributed by atoms with van der Waals surface area (Å²) in [4.78, 5) is 0. The van der Waals surface area contributed by atoms with Gasteiger partial charge >= 0.3 is 0 Å². The van der Waals surface area contributed by atoms with Crippen molar-refractivity contribution in [2.45, 2.75) is 45.7 Å². The molecule has 0 spiro atoms. The van der Waals surface area contributed by atoms with E-state index in [2.05, 4.69) is 30.3 Å². The Kier molecular flexibility index (Phi) is 5.00. The molecule has 88 valence electrons. The number of rotatable bonds is 6. The van der Waals surface area contributed by atoms with E-state index in [1.165, 1.54) is 5.56 Å². The summed E-state index contributed by atoms with van der Waals surface area (Å²) in [5.74, 6) is 0. The van der Waals surface area contributed by atoms with Gasteiger partial charge in [0.1, 0.15) is 0 Å². The van der Waals surface area contributed by atoms with E-state index in [-0.39, 0.29) is 6.04 Å². The summed E-state index contributed by atoms with van der Waals surface area (Å²) in [6.07, 6.45) is 4.55. The summed E-state index contributed by atoms with van der Waals surface area (Å²) in [6, 6.07) is 2.49. The number of nitriles is 1. The Labute approximate surface area is 97.3 Å². The van der Waals surface area contributed by atoms with Gasteiger partial charge in [-0.25, -0.2) is 0 Å². The van der Waals surface area contributed by atoms with Crippen molar-refractivity contribution in [1.82, 2.24) is 15.1 Å². The highest BCUT2D eigenvalue weighted by Gasteiger charge is 2.09. The molecule has 0 saturated heterocycles. The molecule has 0 saturated carbocycles. The van der Waals surface area contributed by atoms with Crippen molar-refractivity contribution < 1.29 is 0 Å². The Balaban J connectivity index is 2.56. The highest BCUT2D eigenvalue weighted by molar-refractivity contribution is 5.16. The van der Waals surface area contributed by atoms with Crippen molar-refractivity contribution in [2.24, 2.45) is 7.05 Å². The quantitative estimate of drug-likeness (QED) is 0.795. The normalized spacial score (nSPS) is 12.4. The van der Waals surface area contributed by atoms with E-state index < -0.39 is 0 Å². The average molecular weight is 220 g/mol. The molecular weight excluding hydrogens is 200 g/mol. The maximum absolute atomic E-state index is 8.66. The van der Waals surface area contributed by atoms with Crippen LogP contribution in [0, 0.1) is 11.3 Å². The van der Waals surface area contributed by atoms with Gasteiger partial charge in [0.25, 0.3) is 0 Å². The minimum atomic E-state index is 0.287. The molecule has 1 aromatic rings. The zero-order valence-corrected chi connectivity index (χ0v) is 10.3. The predicted octanol–water partition coefficient (Wildman–Crippen LogP) is 1.76. The van der Waals surface area contributed by atoms with Gasteiger partial charge in [-0.15, -0.1) is 0 Å². The number of hydrogen-bond donors (Lipinski definition) is 1. The van der Waals surface area contributed by atoms with Crippen molar-refractivity contribution >= 4 is 0 Å². The summed E-state index contributed by atoms with van der Waals surface area (Å²) in [5.41, 5.74) is 2.38. The van der Waals surface area contributed by atoms with Crippen LogP contribution in [0.1, 0.15) is 37.9 Å². The van der Waals surface area contributed by atoms with Crippen molar-refractivity contribution in [3.05, 3.63) is 17.5 Å². The molecule has 0 aliphatic heterocycles. The molecule has 1 unspecified atom stereocenters. The molecule has 16 heavy (non-hydrogen) atoms. The molecular formula is C12H20N4. The number of aryl methyl sites for hydroxylation is 2. The van der Waals surface area contributed by atoms with Crippen LogP contribution in [0.3, 0.4) is 0 Å². The lowest BCUT2D eigenvalue weighted by Gasteiger charge is -2.12. The van der Waals surface area contributed by atoms with Crippen LogP contribution in [0.25, 0.3) is 0 Å². The Morgan fingerprint density at radius 1 is 1.56 bits per heavy atom. The maximum atomic E-state index is 8.66. The van der Waals surface area contributed by atoms with E-state index in [1.54, 1.807) is 0 Å². The van der Waals surface area contributed by atoms with E-state index in [0.717, 1.165) is 25.1 Å². The van der Waals surface area contributed by atoms with E-state index >= 15 is 0 Å². The highest BCUT2D eigenvalue weighted by atomic mass is 15.3. The van der Waals surface area contributed by atoms with Gasteiger partial charge in [-0.2, -0.15) is 10.4 Å². The summed E-state index contributed by atoms with van der Waals surface area (Å²) in [7, 11) is 1.94. The first-order valence-corrected chi connectivity index (χ1v) is 5.82. The van der Waals surface area contributed by atoms with Crippen molar-refractivity contribution in [3.63, 3.8) is 0 Å². The third-order valence-corrected chi connectivity index (χ3v) is 2.74. The van der Waals surface area contributed by atoms with Gasteiger partial charge < -0.3 is 5.32 Å². The Morgan fingerprint density at radius 2 is 2.31 bits per heavy atom. The minimum absolute atomic E-state index is 0.287. The van der Waals surface area contributed by atoms with Gasteiger partial charge in [-0.05, 0) is 12.8 Å². The van der Waals surface area contributed by atoms with Gasteiger partial charge in [-0.1, -0.05) is 13.8 Å². The van der Waals surface area contributed by atoms with Crippen LogP contribution in [-0.4, -0.2) is 15.8 Å². The van der Waals surface area contributed by atoms with E-state index in [4.69, 9.17) is 5.26 Å². The zero-order valence-electron chi connectivity index (χ0n) is 10.3. The number of nitrogens with zero attached hydrogens (tertiary/aromatic N) is 3. The van der Waals surface area contributed by atoms with E-state index in [1.807, 2.05) is 17.9 Å². The minimum Gasteiger partial charge on any atom is -0.309 e. The van der Waals surface area contributed by atoms with Crippen molar-refractivity contribution in [2.75, 3.05) is 0 Å². The zero-order chi connectivity index (χ0) is 12.0. The van der Waals surface area contributed by atoms with Crippen molar-refractivity contribution in [1.29, 1.82) is 5.26 Å². The first-order chi connectivity index (χ1) is 7.71. The van der Waals surface area contributed by atoms with Crippen LogP contribution in [0.4, 0.5) is 0 Å².